The number of fused-ring (bicyclic) bond motifs is 4. The Morgan fingerprint density at radius 1 is 0.344 bits per heavy atom. The Balaban J connectivity index is 0.000000139. The maximum atomic E-state index is 2.33. The molecule has 0 saturated heterocycles. The van der Waals surface area contributed by atoms with E-state index in [1.54, 1.807) is 0 Å². The lowest BCUT2D eigenvalue weighted by Crippen LogP contribution is -2.36. The van der Waals surface area contributed by atoms with Crippen LogP contribution in [0.1, 0.15) is 49.9 Å². The lowest BCUT2D eigenvalue weighted by Gasteiger charge is -2.43. The molecule has 0 aliphatic heterocycles. The Morgan fingerprint density at radius 3 is 0.812 bits per heavy atom. The van der Waals surface area contributed by atoms with Crippen LogP contribution in [0.25, 0.3) is 21.5 Å². The van der Waals surface area contributed by atoms with Gasteiger partial charge in [-0.3, -0.25) is 0 Å². The molecule has 0 fully saturated rings. The molecule has 0 nitrogen and oxygen atoms in total. The molecule has 0 amide bonds. The Kier molecular flexibility index (Phi) is 4.90. The van der Waals surface area contributed by atoms with Gasteiger partial charge in [-0.25, -0.2) is 0 Å². The van der Waals surface area contributed by atoms with E-state index < -0.39 is 0 Å². The highest BCUT2D eigenvalue weighted by Crippen LogP contribution is 2.49. The molecule has 1 aliphatic carbocycles. The molecule has 5 aromatic rings. The third kappa shape index (κ3) is 3.31. The monoisotopic (exact) mass is 414 g/mol. The van der Waals surface area contributed by atoms with Crippen molar-refractivity contribution in [3.63, 3.8) is 0 Å². The Hall–Kier alpha value is -3.38. The molecule has 0 aromatic heterocycles. The highest BCUT2D eigenvalue weighted by atomic mass is 14.4. The van der Waals surface area contributed by atoms with Crippen LogP contribution in [-0.4, -0.2) is 0 Å². The molecular weight excluding hydrogens is 384 g/mol. The highest BCUT2D eigenvalue weighted by Gasteiger charge is 2.40. The third-order valence-electron chi connectivity index (χ3n) is 7.16. The van der Waals surface area contributed by atoms with Crippen molar-refractivity contribution in [3.05, 3.63) is 131 Å². The van der Waals surface area contributed by atoms with E-state index in [2.05, 4.69) is 137 Å². The van der Waals surface area contributed by atoms with Crippen LogP contribution in [0.5, 0.6) is 0 Å². The van der Waals surface area contributed by atoms with E-state index in [-0.39, 0.29) is 10.8 Å². The van der Waals surface area contributed by atoms with Gasteiger partial charge in [0, 0.05) is 10.8 Å². The highest BCUT2D eigenvalue weighted by molar-refractivity contribution is 5.98. The summed E-state index contributed by atoms with van der Waals surface area (Å²) in [7, 11) is 0. The summed E-state index contributed by atoms with van der Waals surface area (Å²) in [6.07, 6.45) is 0. The molecule has 32 heavy (non-hydrogen) atoms. The fourth-order valence-corrected chi connectivity index (χ4v) is 5.32. The molecule has 1 aliphatic rings. The van der Waals surface area contributed by atoms with Crippen molar-refractivity contribution in [3.8, 4) is 0 Å². The molecule has 0 spiro atoms. The predicted octanol–water partition coefficient (Wildman–Crippen LogP) is 8.64. The minimum atomic E-state index is 0.0999. The molecule has 0 radical (unpaired) electrons. The van der Waals surface area contributed by atoms with E-state index in [0.717, 1.165) is 0 Å². The summed E-state index contributed by atoms with van der Waals surface area (Å²) in [4.78, 5) is 0. The lowest BCUT2D eigenvalue weighted by atomic mass is 9.60. The number of hydrogen-bond donors (Lipinski definition) is 0. The zero-order valence-corrected chi connectivity index (χ0v) is 19.4. The van der Waals surface area contributed by atoms with Gasteiger partial charge in [0.1, 0.15) is 0 Å². The first-order valence-corrected chi connectivity index (χ1v) is 11.5. The fourth-order valence-electron chi connectivity index (χ4n) is 5.32. The summed E-state index contributed by atoms with van der Waals surface area (Å²) in [5.41, 5.74) is 6.07. The van der Waals surface area contributed by atoms with Crippen LogP contribution < -0.4 is 0 Å². The van der Waals surface area contributed by atoms with E-state index in [0.29, 0.717) is 0 Å². The first-order valence-electron chi connectivity index (χ1n) is 11.5. The minimum Gasteiger partial charge on any atom is -0.0619 e. The van der Waals surface area contributed by atoms with Gasteiger partial charge in [0.25, 0.3) is 0 Å². The van der Waals surface area contributed by atoms with E-state index in [1.807, 2.05) is 0 Å². The summed E-state index contributed by atoms with van der Waals surface area (Å²) in [6.45, 7) is 9.33. The van der Waals surface area contributed by atoms with Crippen LogP contribution in [0.2, 0.25) is 0 Å². The molecule has 0 N–H and O–H groups in total. The van der Waals surface area contributed by atoms with Gasteiger partial charge in [-0.05, 0) is 55.9 Å². The molecule has 0 unspecified atom stereocenters. The maximum absolute atomic E-state index is 2.33. The van der Waals surface area contributed by atoms with Gasteiger partial charge in [-0.15, -0.1) is 0 Å². The zero-order valence-electron chi connectivity index (χ0n) is 19.4. The zero-order chi connectivity index (χ0) is 22.3. The topological polar surface area (TPSA) is 0 Å². The third-order valence-corrected chi connectivity index (χ3v) is 7.16. The van der Waals surface area contributed by atoms with Gasteiger partial charge >= 0.3 is 0 Å². The van der Waals surface area contributed by atoms with Gasteiger partial charge in [-0.2, -0.15) is 0 Å². The Labute approximate surface area is 191 Å². The van der Waals surface area contributed by atoms with Crippen molar-refractivity contribution >= 4 is 21.5 Å². The molecule has 0 bridgehead atoms. The minimum absolute atomic E-state index is 0.0999. The first kappa shape index (κ1) is 20.5. The summed E-state index contributed by atoms with van der Waals surface area (Å²) in [6, 6.07) is 39.2. The molecule has 0 atom stereocenters. The van der Waals surface area contributed by atoms with Crippen LogP contribution in [0.15, 0.2) is 109 Å². The Morgan fingerprint density at radius 2 is 0.562 bits per heavy atom. The van der Waals surface area contributed by atoms with Crippen molar-refractivity contribution in [2.45, 2.75) is 38.5 Å². The second-order valence-corrected chi connectivity index (χ2v) is 9.89. The van der Waals surface area contributed by atoms with E-state index >= 15 is 0 Å². The van der Waals surface area contributed by atoms with E-state index in [4.69, 9.17) is 0 Å². The van der Waals surface area contributed by atoms with Gasteiger partial charge in [0.2, 0.25) is 0 Å². The SMILES string of the molecule is CC1(C)c2ccccc2C(C)(C)c2ccccc21.c1ccc2cc3ccccc3cc2c1. The Bertz CT molecular complexity index is 1210. The van der Waals surface area contributed by atoms with Gasteiger partial charge < -0.3 is 0 Å². The standard InChI is InChI=1S/C18H20.C14H10/c1-17(2)13-9-5-7-11-15(13)18(3,4)16-12-8-6-10-14(16)17;1-2-6-12-10-14-8-4-3-7-13(14)9-11(12)5-1/h5-12H,1-4H3;1-10H. The van der Waals surface area contributed by atoms with E-state index in [9.17, 15) is 0 Å². The fraction of sp³-hybridized carbons (Fsp3) is 0.188. The molecular formula is C32H30. The summed E-state index contributed by atoms with van der Waals surface area (Å²) in [5, 5.41) is 5.25. The lowest BCUT2D eigenvalue weighted by molar-refractivity contribution is 0.520. The molecule has 0 heterocycles. The quantitative estimate of drug-likeness (QED) is 0.222. The summed E-state index contributed by atoms with van der Waals surface area (Å²) in [5.74, 6) is 0. The van der Waals surface area contributed by atoms with Gasteiger partial charge in [0.05, 0.1) is 0 Å². The van der Waals surface area contributed by atoms with Crippen molar-refractivity contribution in [2.75, 3.05) is 0 Å². The second-order valence-electron chi connectivity index (χ2n) is 9.89. The van der Waals surface area contributed by atoms with Gasteiger partial charge in [-0.1, -0.05) is 125 Å². The summed E-state index contributed by atoms with van der Waals surface area (Å²) < 4.78 is 0. The smallest absolute Gasteiger partial charge is 0.0152 e. The van der Waals surface area contributed by atoms with Gasteiger partial charge in [0.15, 0.2) is 0 Å². The molecule has 158 valence electrons. The van der Waals surface area contributed by atoms with Crippen LogP contribution >= 0.6 is 0 Å². The van der Waals surface area contributed by atoms with Crippen molar-refractivity contribution < 1.29 is 0 Å². The number of benzene rings is 5. The molecule has 0 saturated carbocycles. The van der Waals surface area contributed by atoms with E-state index in [1.165, 1.54) is 43.8 Å². The second kappa shape index (κ2) is 7.64. The van der Waals surface area contributed by atoms with Crippen LogP contribution in [0.3, 0.4) is 0 Å². The molecule has 5 aromatic carbocycles. The van der Waals surface area contributed by atoms with Crippen LogP contribution in [0, 0.1) is 0 Å². The average Bonchev–Trinajstić information content (AvgIpc) is 2.82. The largest absolute Gasteiger partial charge is 0.0619 e. The van der Waals surface area contributed by atoms with Crippen molar-refractivity contribution in [1.29, 1.82) is 0 Å². The van der Waals surface area contributed by atoms with Crippen LogP contribution in [0.4, 0.5) is 0 Å². The first-order chi connectivity index (χ1) is 15.4. The maximum Gasteiger partial charge on any atom is 0.0152 e. The number of rotatable bonds is 0. The van der Waals surface area contributed by atoms with Crippen molar-refractivity contribution in [2.24, 2.45) is 0 Å². The normalized spacial score (nSPS) is 15.4. The number of hydrogen-bond acceptors (Lipinski definition) is 0. The molecule has 6 rings (SSSR count). The average molecular weight is 415 g/mol. The van der Waals surface area contributed by atoms with Crippen molar-refractivity contribution in [1.82, 2.24) is 0 Å². The predicted molar refractivity (Wildman–Crippen MR) is 139 cm³/mol. The summed E-state index contributed by atoms with van der Waals surface area (Å²) >= 11 is 0. The molecule has 0 heteroatoms. The van der Waals surface area contributed by atoms with Crippen LogP contribution in [-0.2, 0) is 10.8 Å².